The van der Waals surface area contributed by atoms with E-state index in [-0.39, 0.29) is 23.5 Å². The summed E-state index contributed by atoms with van der Waals surface area (Å²) in [6.45, 7) is 2.01. The summed E-state index contributed by atoms with van der Waals surface area (Å²) in [7, 11) is -3.81. The van der Waals surface area contributed by atoms with Crippen LogP contribution >= 0.6 is 0 Å². The molecule has 0 aliphatic rings. The van der Waals surface area contributed by atoms with Crippen LogP contribution in [0.15, 0.2) is 88.6 Å². The fourth-order valence-corrected chi connectivity index (χ4v) is 4.64. The molecular weight excluding hydrogens is 398 g/mol. The van der Waals surface area contributed by atoms with Gasteiger partial charge in [-0.1, -0.05) is 60.2 Å². The Bertz CT molecular complexity index is 1330. The summed E-state index contributed by atoms with van der Waals surface area (Å²) in [6.07, 6.45) is 0. The number of hydrogen-bond donors (Lipinski definition) is 1. The van der Waals surface area contributed by atoms with Crippen LogP contribution in [0.5, 0.6) is 0 Å². The predicted octanol–water partition coefficient (Wildman–Crippen LogP) is 3.62. The molecule has 4 aromatic rings. The van der Waals surface area contributed by atoms with E-state index in [1.807, 2.05) is 37.3 Å². The van der Waals surface area contributed by atoms with Crippen molar-refractivity contribution in [3.63, 3.8) is 0 Å². The highest BCUT2D eigenvalue weighted by Gasteiger charge is 2.26. The summed E-state index contributed by atoms with van der Waals surface area (Å²) in [5, 5.41) is 0.470. The van der Waals surface area contributed by atoms with Crippen molar-refractivity contribution in [1.29, 1.82) is 0 Å². The molecule has 1 N–H and O–H groups in total. The lowest BCUT2D eigenvalue weighted by molar-refractivity contribution is 0.392. The average Bonchev–Trinajstić information content (AvgIpc) is 2.74. The van der Waals surface area contributed by atoms with Crippen LogP contribution < -0.4 is 5.56 Å². The van der Waals surface area contributed by atoms with Gasteiger partial charge in [0.2, 0.25) is 10.0 Å². The minimum atomic E-state index is -3.81. The summed E-state index contributed by atoms with van der Waals surface area (Å²) >= 11 is 0. The first-order valence-electron chi connectivity index (χ1n) is 9.52. The largest absolute Gasteiger partial charge is 0.309 e. The molecule has 0 bridgehead atoms. The molecule has 6 nitrogen and oxygen atoms in total. The van der Waals surface area contributed by atoms with Crippen molar-refractivity contribution in [3.05, 3.63) is 106 Å². The van der Waals surface area contributed by atoms with E-state index in [9.17, 15) is 13.2 Å². The highest BCUT2D eigenvalue weighted by Crippen LogP contribution is 2.21. The van der Waals surface area contributed by atoms with Gasteiger partial charge in [-0.05, 0) is 36.8 Å². The summed E-state index contributed by atoms with van der Waals surface area (Å²) in [5.74, 6) is 0.297. The van der Waals surface area contributed by atoms with Crippen molar-refractivity contribution < 1.29 is 8.42 Å². The third-order valence-corrected chi connectivity index (χ3v) is 6.65. The van der Waals surface area contributed by atoms with Crippen LogP contribution in [-0.4, -0.2) is 22.7 Å². The fraction of sp³-hybridized carbons (Fsp3) is 0.130. The Morgan fingerprint density at radius 2 is 1.53 bits per heavy atom. The van der Waals surface area contributed by atoms with Crippen LogP contribution in [0, 0.1) is 6.92 Å². The third-order valence-electron chi connectivity index (χ3n) is 4.85. The number of fused-ring (bicyclic) bond motifs is 1. The van der Waals surface area contributed by atoms with Crippen LogP contribution in [0.1, 0.15) is 17.0 Å². The number of rotatable bonds is 6. The molecule has 30 heavy (non-hydrogen) atoms. The molecule has 0 aliphatic carbocycles. The number of hydrogen-bond acceptors (Lipinski definition) is 4. The van der Waals surface area contributed by atoms with Gasteiger partial charge in [-0.3, -0.25) is 4.79 Å². The molecule has 0 spiro atoms. The van der Waals surface area contributed by atoms with Crippen LogP contribution in [-0.2, 0) is 23.1 Å². The molecule has 152 valence electrons. The van der Waals surface area contributed by atoms with Gasteiger partial charge in [0.1, 0.15) is 5.82 Å². The summed E-state index contributed by atoms with van der Waals surface area (Å²) in [5.41, 5.74) is 2.06. The number of benzene rings is 3. The SMILES string of the molecule is Cc1ccc(S(=O)(=O)N(Cc2ccccc2)Cc2nc3ccccc3c(=O)[nH]2)cc1. The lowest BCUT2D eigenvalue weighted by Crippen LogP contribution is -2.32. The molecule has 0 atom stereocenters. The second-order valence-corrected chi connectivity index (χ2v) is 9.04. The predicted molar refractivity (Wildman–Crippen MR) is 116 cm³/mol. The van der Waals surface area contributed by atoms with Crippen LogP contribution in [0.3, 0.4) is 0 Å². The Labute approximate surface area is 174 Å². The number of para-hydroxylation sites is 1. The first-order chi connectivity index (χ1) is 14.4. The monoisotopic (exact) mass is 419 g/mol. The van der Waals surface area contributed by atoms with Gasteiger partial charge in [-0.2, -0.15) is 4.31 Å². The molecule has 0 aliphatic heterocycles. The van der Waals surface area contributed by atoms with Gasteiger partial charge in [-0.25, -0.2) is 13.4 Å². The minimum Gasteiger partial charge on any atom is -0.309 e. The smallest absolute Gasteiger partial charge is 0.258 e. The molecule has 0 amide bonds. The molecule has 1 aromatic heterocycles. The maximum Gasteiger partial charge on any atom is 0.258 e. The number of aromatic nitrogens is 2. The second-order valence-electron chi connectivity index (χ2n) is 7.10. The molecule has 0 saturated heterocycles. The maximum absolute atomic E-state index is 13.4. The van der Waals surface area contributed by atoms with E-state index >= 15 is 0 Å². The molecule has 0 fully saturated rings. The van der Waals surface area contributed by atoms with Crippen molar-refractivity contribution in [3.8, 4) is 0 Å². The number of aromatic amines is 1. The van der Waals surface area contributed by atoms with Gasteiger partial charge in [0, 0.05) is 6.54 Å². The number of aryl methyl sites for hydroxylation is 1. The van der Waals surface area contributed by atoms with Gasteiger partial charge in [0.25, 0.3) is 5.56 Å². The molecular formula is C23H21N3O3S. The maximum atomic E-state index is 13.4. The Hall–Kier alpha value is -3.29. The molecule has 0 saturated carbocycles. The number of sulfonamides is 1. The lowest BCUT2D eigenvalue weighted by Gasteiger charge is -2.22. The first kappa shape index (κ1) is 20.0. The molecule has 4 rings (SSSR count). The van der Waals surface area contributed by atoms with Crippen molar-refractivity contribution >= 4 is 20.9 Å². The topological polar surface area (TPSA) is 83.1 Å². The Morgan fingerprint density at radius 3 is 2.27 bits per heavy atom. The van der Waals surface area contributed by atoms with Crippen molar-refractivity contribution in [2.75, 3.05) is 0 Å². The summed E-state index contributed by atoms with van der Waals surface area (Å²) in [6, 6.07) is 23.1. The second kappa shape index (κ2) is 8.22. The molecule has 0 radical (unpaired) electrons. The molecule has 3 aromatic carbocycles. The van der Waals surface area contributed by atoms with Gasteiger partial charge in [-0.15, -0.1) is 0 Å². The molecule has 1 heterocycles. The van der Waals surface area contributed by atoms with E-state index < -0.39 is 10.0 Å². The van der Waals surface area contributed by atoms with Gasteiger partial charge in [0.05, 0.1) is 22.3 Å². The molecule has 7 heteroatoms. The molecule has 0 unspecified atom stereocenters. The van der Waals surface area contributed by atoms with E-state index in [1.165, 1.54) is 4.31 Å². The number of H-pyrrole nitrogens is 1. The highest BCUT2D eigenvalue weighted by atomic mass is 32.2. The summed E-state index contributed by atoms with van der Waals surface area (Å²) in [4.78, 5) is 19.8. The van der Waals surface area contributed by atoms with Crippen LogP contribution in [0.4, 0.5) is 0 Å². The Morgan fingerprint density at radius 1 is 0.867 bits per heavy atom. The summed E-state index contributed by atoms with van der Waals surface area (Å²) < 4.78 is 28.1. The zero-order valence-corrected chi connectivity index (χ0v) is 17.3. The quantitative estimate of drug-likeness (QED) is 0.517. The van der Waals surface area contributed by atoms with E-state index in [0.29, 0.717) is 16.7 Å². The van der Waals surface area contributed by atoms with E-state index in [4.69, 9.17) is 0 Å². The van der Waals surface area contributed by atoms with E-state index in [0.717, 1.165) is 11.1 Å². The average molecular weight is 420 g/mol. The third kappa shape index (κ3) is 4.17. The van der Waals surface area contributed by atoms with Crippen molar-refractivity contribution in [2.45, 2.75) is 24.9 Å². The zero-order valence-electron chi connectivity index (χ0n) is 16.4. The van der Waals surface area contributed by atoms with Gasteiger partial charge in [0.15, 0.2) is 0 Å². The standard InChI is InChI=1S/C23H21N3O3S/c1-17-11-13-19(14-12-17)30(28,29)26(15-18-7-3-2-4-8-18)16-22-24-21-10-6-5-9-20(21)23(27)25-22/h2-14H,15-16H2,1H3,(H,24,25,27). The van der Waals surface area contributed by atoms with Crippen molar-refractivity contribution in [2.24, 2.45) is 0 Å². The van der Waals surface area contributed by atoms with Crippen LogP contribution in [0.2, 0.25) is 0 Å². The number of nitrogens with one attached hydrogen (secondary N) is 1. The lowest BCUT2D eigenvalue weighted by atomic mass is 10.2. The van der Waals surface area contributed by atoms with Gasteiger partial charge >= 0.3 is 0 Å². The highest BCUT2D eigenvalue weighted by molar-refractivity contribution is 7.89. The Balaban J connectivity index is 1.75. The first-order valence-corrected chi connectivity index (χ1v) is 11.0. The van der Waals surface area contributed by atoms with Crippen LogP contribution in [0.25, 0.3) is 10.9 Å². The van der Waals surface area contributed by atoms with Crippen molar-refractivity contribution in [1.82, 2.24) is 14.3 Å². The van der Waals surface area contributed by atoms with E-state index in [1.54, 1.807) is 48.5 Å². The Kier molecular flexibility index (Phi) is 5.48. The number of nitrogens with zero attached hydrogens (tertiary/aromatic N) is 2. The zero-order chi connectivity index (χ0) is 21.1. The van der Waals surface area contributed by atoms with Gasteiger partial charge < -0.3 is 4.98 Å². The minimum absolute atomic E-state index is 0.0504. The van der Waals surface area contributed by atoms with E-state index in [2.05, 4.69) is 9.97 Å². The normalized spacial score (nSPS) is 11.8. The fourth-order valence-electron chi connectivity index (χ4n) is 3.25.